The molecule has 1 amide bonds. The van der Waals surface area contributed by atoms with Gasteiger partial charge in [0.25, 0.3) is 0 Å². The number of alkyl halides is 1. The van der Waals surface area contributed by atoms with Crippen LogP contribution < -0.4 is 5.32 Å². The van der Waals surface area contributed by atoms with E-state index >= 15 is 0 Å². The molecular formula is C23H28FN5O. The van der Waals surface area contributed by atoms with E-state index in [1.165, 1.54) is 0 Å². The Kier molecular flexibility index (Phi) is 6.38. The summed E-state index contributed by atoms with van der Waals surface area (Å²) in [6.45, 7) is 1.91. The number of fused-ring (bicyclic) bond motifs is 1. The van der Waals surface area contributed by atoms with E-state index in [9.17, 15) is 9.18 Å². The normalized spacial score (nSPS) is 16.3. The molecular weight excluding hydrogens is 381 g/mol. The lowest BCUT2D eigenvalue weighted by Crippen LogP contribution is -2.33. The Morgan fingerprint density at radius 1 is 1.13 bits per heavy atom. The van der Waals surface area contributed by atoms with Crippen LogP contribution in [0.5, 0.6) is 0 Å². The fourth-order valence-electron chi connectivity index (χ4n) is 4.17. The number of anilines is 1. The van der Waals surface area contributed by atoms with E-state index in [4.69, 9.17) is 0 Å². The summed E-state index contributed by atoms with van der Waals surface area (Å²) in [5.41, 5.74) is 2.13. The van der Waals surface area contributed by atoms with Crippen LogP contribution in [0.2, 0.25) is 0 Å². The topological polar surface area (TPSA) is 63.1 Å². The fraction of sp³-hybridized carbons (Fsp3) is 0.435. The minimum atomic E-state index is -0.306. The SMILES string of the molecule is Cn1cc(-c2ccc3cnc(NC(=O)C4CCCN(CCF)CCC4)cc3c2)cn1. The lowest BCUT2D eigenvalue weighted by atomic mass is 9.94. The molecule has 6 nitrogen and oxygen atoms in total. The molecule has 7 heteroatoms. The van der Waals surface area contributed by atoms with Gasteiger partial charge in [-0.3, -0.25) is 9.48 Å². The fourth-order valence-corrected chi connectivity index (χ4v) is 4.17. The monoisotopic (exact) mass is 409 g/mol. The molecule has 0 radical (unpaired) electrons. The van der Waals surface area contributed by atoms with Gasteiger partial charge in [0, 0.05) is 42.9 Å². The highest BCUT2D eigenvalue weighted by molar-refractivity contribution is 5.95. The number of amides is 1. The number of pyridine rings is 1. The molecule has 1 aromatic carbocycles. The smallest absolute Gasteiger partial charge is 0.228 e. The number of rotatable bonds is 5. The molecule has 0 unspecified atom stereocenters. The van der Waals surface area contributed by atoms with Gasteiger partial charge < -0.3 is 10.2 Å². The molecule has 1 saturated heterocycles. The van der Waals surface area contributed by atoms with Crippen LogP contribution in [0.3, 0.4) is 0 Å². The number of likely N-dealkylation sites (tertiary alicyclic amines) is 1. The van der Waals surface area contributed by atoms with Crippen LogP contribution in [-0.4, -0.2) is 51.9 Å². The highest BCUT2D eigenvalue weighted by Gasteiger charge is 2.21. The molecule has 3 heterocycles. The van der Waals surface area contributed by atoms with Crippen molar-refractivity contribution >= 4 is 22.5 Å². The van der Waals surface area contributed by atoms with Crippen molar-refractivity contribution < 1.29 is 9.18 Å². The van der Waals surface area contributed by atoms with Gasteiger partial charge in [-0.15, -0.1) is 0 Å². The summed E-state index contributed by atoms with van der Waals surface area (Å²) in [5, 5.41) is 9.30. The Labute approximate surface area is 176 Å². The maximum absolute atomic E-state index is 12.8. The summed E-state index contributed by atoms with van der Waals surface area (Å²) >= 11 is 0. The summed E-state index contributed by atoms with van der Waals surface area (Å²) in [5.74, 6) is 0.595. The van der Waals surface area contributed by atoms with Crippen molar-refractivity contribution in [1.29, 1.82) is 0 Å². The second kappa shape index (κ2) is 9.34. The minimum Gasteiger partial charge on any atom is -0.310 e. The molecule has 0 saturated carbocycles. The summed E-state index contributed by atoms with van der Waals surface area (Å²) in [4.78, 5) is 19.4. The van der Waals surface area contributed by atoms with Gasteiger partial charge in [-0.25, -0.2) is 9.37 Å². The molecule has 0 aliphatic carbocycles. The zero-order valence-electron chi connectivity index (χ0n) is 17.4. The van der Waals surface area contributed by atoms with E-state index in [2.05, 4.69) is 32.4 Å². The Morgan fingerprint density at radius 3 is 2.63 bits per heavy atom. The number of hydrogen-bond acceptors (Lipinski definition) is 4. The molecule has 2 aromatic heterocycles. The number of benzene rings is 1. The van der Waals surface area contributed by atoms with Crippen LogP contribution >= 0.6 is 0 Å². The van der Waals surface area contributed by atoms with Crippen molar-refractivity contribution in [2.75, 3.05) is 31.6 Å². The van der Waals surface area contributed by atoms with Crippen LogP contribution in [-0.2, 0) is 11.8 Å². The maximum Gasteiger partial charge on any atom is 0.228 e. The van der Waals surface area contributed by atoms with Crippen molar-refractivity contribution in [2.24, 2.45) is 13.0 Å². The molecule has 1 aliphatic rings. The van der Waals surface area contributed by atoms with E-state index in [0.717, 1.165) is 60.7 Å². The number of aromatic nitrogens is 3. The molecule has 0 spiro atoms. The van der Waals surface area contributed by atoms with Crippen molar-refractivity contribution in [3.05, 3.63) is 42.9 Å². The van der Waals surface area contributed by atoms with Crippen molar-refractivity contribution in [1.82, 2.24) is 19.7 Å². The first-order chi connectivity index (χ1) is 14.6. The highest BCUT2D eigenvalue weighted by atomic mass is 19.1. The molecule has 30 heavy (non-hydrogen) atoms. The van der Waals surface area contributed by atoms with Crippen molar-refractivity contribution in [3.63, 3.8) is 0 Å². The number of nitrogens with one attached hydrogen (secondary N) is 1. The van der Waals surface area contributed by atoms with Crippen LogP contribution in [0.1, 0.15) is 25.7 Å². The highest BCUT2D eigenvalue weighted by Crippen LogP contribution is 2.26. The quantitative estimate of drug-likeness (QED) is 0.691. The largest absolute Gasteiger partial charge is 0.310 e. The average Bonchev–Trinajstić information content (AvgIpc) is 3.15. The van der Waals surface area contributed by atoms with Crippen molar-refractivity contribution in [2.45, 2.75) is 25.7 Å². The third kappa shape index (κ3) is 4.84. The van der Waals surface area contributed by atoms with E-state index < -0.39 is 0 Å². The van der Waals surface area contributed by atoms with Crippen LogP contribution in [0.4, 0.5) is 10.2 Å². The molecule has 1 N–H and O–H groups in total. The molecule has 4 rings (SSSR count). The summed E-state index contributed by atoms with van der Waals surface area (Å²) in [7, 11) is 1.90. The van der Waals surface area contributed by atoms with Crippen LogP contribution in [0.25, 0.3) is 21.9 Å². The third-order valence-electron chi connectivity index (χ3n) is 5.84. The lowest BCUT2D eigenvalue weighted by Gasteiger charge is -2.26. The van der Waals surface area contributed by atoms with Crippen LogP contribution in [0, 0.1) is 5.92 Å². The van der Waals surface area contributed by atoms with E-state index in [-0.39, 0.29) is 18.5 Å². The van der Waals surface area contributed by atoms with Gasteiger partial charge in [-0.2, -0.15) is 5.10 Å². The average molecular weight is 410 g/mol. The second-order valence-electron chi connectivity index (χ2n) is 8.04. The van der Waals surface area contributed by atoms with Crippen molar-refractivity contribution in [3.8, 4) is 11.1 Å². The Hall–Kier alpha value is -2.80. The first-order valence-electron chi connectivity index (χ1n) is 10.6. The Bertz CT molecular complexity index is 1010. The van der Waals surface area contributed by atoms with E-state index in [1.807, 2.05) is 31.6 Å². The van der Waals surface area contributed by atoms with Gasteiger partial charge in [0.1, 0.15) is 12.5 Å². The van der Waals surface area contributed by atoms with Gasteiger partial charge in [0.2, 0.25) is 5.91 Å². The summed E-state index contributed by atoms with van der Waals surface area (Å²) in [6.07, 6.45) is 9.10. The first kappa shape index (κ1) is 20.5. The van der Waals surface area contributed by atoms with E-state index in [0.29, 0.717) is 12.4 Å². The van der Waals surface area contributed by atoms with Gasteiger partial charge in [-0.05, 0) is 61.9 Å². The van der Waals surface area contributed by atoms with Crippen LogP contribution in [0.15, 0.2) is 42.9 Å². The second-order valence-corrected chi connectivity index (χ2v) is 8.04. The first-order valence-corrected chi connectivity index (χ1v) is 10.6. The number of hydrogen-bond donors (Lipinski definition) is 1. The Balaban J connectivity index is 1.44. The number of carbonyl (C=O) groups excluding carboxylic acids is 1. The zero-order chi connectivity index (χ0) is 20.9. The van der Waals surface area contributed by atoms with Gasteiger partial charge in [0.05, 0.1) is 6.20 Å². The zero-order valence-corrected chi connectivity index (χ0v) is 17.4. The lowest BCUT2D eigenvalue weighted by molar-refractivity contribution is -0.120. The predicted molar refractivity (Wildman–Crippen MR) is 117 cm³/mol. The molecule has 0 bridgehead atoms. The molecule has 0 atom stereocenters. The third-order valence-corrected chi connectivity index (χ3v) is 5.84. The number of aryl methyl sites for hydroxylation is 1. The summed E-state index contributed by atoms with van der Waals surface area (Å²) in [6, 6.07) is 8.12. The van der Waals surface area contributed by atoms with Gasteiger partial charge in [0.15, 0.2) is 0 Å². The van der Waals surface area contributed by atoms with E-state index in [1.54, 1.807) is 10.9 Å². The number of halogens is 1. The number of nitrogens with zero attached hydrogens (tertiary/aromatic N) is 4. The number of carbonyl (C=O) groups is 1. The van der Waals surface area contributed by atoms with Gasteiger partial charge in [-0.1, -0.05) is 12.1 Å². The molecule has 158 valence electrons. The minimum absolute atomic E-state index is 0.0169. The summed E-state index contributed by atoms with van der Waals surface area (Å²) < 4.78 is 14.4. The molecule has 1 aliphatic heterocycles. The molecule has 3 aromatic rings. The maximum atomic E-state index is 12.8. The molecule has 1 fully saturated rings. The van der Waals surface area contributed by atoms with Gasteiger partial charge >= 0.3 is 0 Å². The predicted octanol–water partition coefficient (Wildman–Crippen LogP) is 4.04. The Morgan fingerprint density at radius 2 is 1.93 bits per heavy atom. The standard InChI is InChI=1S/C23H28FN5O/c1-28-16-21(15-26-28)18-6-7-19-14-25-22(13-20(19)12-18)27-23(30)17-4-2-9-29(11-8-24)10-3-5-17/h6-7,12-17H,2-5,8-11H2,1H3,(H,25,27,30).